The molecule has 0 atom stereocenters. The minimum Gasteiger partial charge on any atom is -0.346 e. The van der Waals surface area contributed by atoms with Gasteiger partial charge >= 0.3 is 0 Å². The second kappa shape index (κ2) is 4.91. The van der Waals surface area contributed by atoms with Gasteiger partial charge in [0.2, 0.25) is 6.29 Å². The number of carbonyl (C=O) groups excluding carboxylic acids is 2. The normalized spacial score (nSPS) is 9.57. The first-order chi connectivity index (χ1) is 6.63. The molecule has 0 unspecified atom stereocenters. The Labute approximate surface area is 90.6 Å². The molecule has 0 radical (unpaired) electrons. The molecule has 0 bridgehead atoms. The van der Waals surface area contributed by atoms with E-state index < -0.39 is 5.91 Å². The van der Waals surface area contributed by atoms with Crippen molar-refractivity contribution < 1.29 is 9.59 Å². The summed E-state index contributed by atoms with van der Waals surface area (Å²) in [6, 6.07) is 5.80. The fraction of sp³-hybridized carbons (Fsp3) is 0.200. The highest BCUT2D eigenvalue weighted by atomic mass is 79.9. The molecule has 0 spiro atoms. The van der Waals surface area contributed by atoms with Crippen LogP contribution in [0.4, 0.5) is 0 Å². The molecule has 0 aliphatic rings. The summed E-state index contributed by atoms with van der Waals surface area (Å²) >= 11 is 3.34. The van der Waals surface area contributed by atoms with Crippen LogP contribution in [-0.4, -0.2) is 12.2 Å². The van der Waals surface area contributed by atoms with E-state index in [-0.39, 0.29) is 6.29 Å². The van der Waals surface area contributed by atoms with Crippen molar-refractivity contribution in [2.24, 2.45) is 0 Å². The van der Waals surface area contributed by atoms with Crippen molar-refractivity contribution >= 4 is 28.1 Å². The molecule has 0 aliphatic heterocycles. The van der Waals surface area contributed by atoms with Crippen molar-refractivity contribution in [3.05, 3.63) is 33.8 Å². The molecule has 0 saturated carbocycles. The highest BCUT2D eigenvalue weighted by Crippen LogP contribution is 2.15. The van der Waals surface area contributed by atoms with Crippen molar-refractivity contribution in [3.8, 4) is 0 Å². The second-order valence-corrected chi connectivity index (χ2v) is 3.82. The lowest BCUT2D eigenvalue weighted by atomic mass is 10.1. The zero-order valence-corrected chi connectivity index (χ0v) is 9.30. The maximum absolute atomic E-state index is 10.7. The molecule has 0 heterocycles. The van der Waals surface area contributed by atoms with E-state index in [0.717, 1.165) is 15.6 Å². The first-order valence-electron chi connectivity index (χ1n) is 4.11. The molecule has 0 fully saturated rings. The Morgan fingerprint density at radius 1 is 1.57 bits per heavy atom. The van der Waals surface area contributed by atoms with Gasteiger partial charge in [0.05, 0.1) is 0 Å². The van der Waals surface area contributed by atoms with Gasteiger partial charge in [-0.3, -0.25) is 9.59 Å². The Hall–Kier alpha value is -1.16. The van der Waals surface area contributed by atoms with Crippen LogP contribution < -0.4 is 5.32 Å². The molecule has 0 aliphatic carbocycles. The summed E-state index contributed by atoms with van der Waals surface area (Å²) in [7, 11) is 0. The lowest BCUT2D eigenvalue weighted by molar-refractivity contribution is -0.131. The summed E-state index contributed by atoms with van der Waals surface area (Å²) in [5.41, 5.74) is 2.08. The van der Waals surface area contributed by atoms with E-state index in [4.69, 9.17) is 0 Å². The topological polar surface area (TPSA) is 46.2 Å². The molecule has 0 aromatic heterocycles. The maximum Gasteiger partial charge on any atom is 0.284 e. The minimum absolute atomic E-state index is 0.271. The third-order valence-electron chi connectivity index (χ3n) is 1.87. The van der Waals surface area contributed by atoms with Gasteiger partial charge in [0.25, 0.3) is 5.91 Å². The molecule has 1 rings (SSSR count). The molecule has 0 saturated heterocycles. The van der Waals surface area contributed by atoms with Gasteiger partial charge in [0.1, 0.15) is 0 Å². The number of halogens is 1. The highest BCUT2D eigenvalue weighted by molar-refractivity contribution is 9.10. The molecule has 4 heteroatoms. The number of nitrogens with one attached hydrogen (secondary N) is 1. The first-order valence-corrected chi connectivity index (χ1v) is 4.91. The molecular formula is C10H10BrNO2. The van der Waals surface area contributed by atoms with Crippen LogP contribution >= 0.6 is 15.9 Å². The van der Waals surface area contributed by atoms with E-state index in [1.54, 1.807) is 0 Å². The molecule has 3 nitrogen and oxygen atoms in total. The molecule has 1 N–H and O–H groups in total. The van der Waals surface area contributed by atoms with Crippen LogP contribution in [0.15, 0.2) is 22.7 Å². The summed E-state index contributed by atoms with van der Waals surface area (Å²) in [6.07, 6.45) is 0.271. The molecule has 74 valence electrons. The molecular weight excluding hydrogens is 246 g/mol. The second-order valence-electron chi connectivity index (χ2n) is 2.91. The summed E-state index contributed by atoms with van der Waals surface area (Å²) in [5, 5.41) is 2.49. The van der Waals surface area contributed by atoms with Crippen LogP contribution in [-0.2, 0) is 16.1 Å². The van der Waals surface area contributed by atoms with Crippen LogP contribution in [0.1, 0.15) is 11.1 Å². The third kappa shape index (κ3) is 2.96. The molecule has 1 amide bonds. The van der Waals surface area contributed by atoms with E-state index in [1.165, 1.54) is 0 Å². The van der Waals surface area contributed by atoms with Gasteiger partial charge in [-0.05, 0) is 30.2 Å². The lowest BCUT2D eigenvalue weighted by Gasteiger charge is -2.06. The van der Waals surface area contributed by atoms with Gasteiger partial charge in [-0.1, -0.05) is 22.0 Å². The largest absolute Gasteiger partial charge is 0.346 e. The predicted molar refractivity (Wildman–Crippen MR) is 56.8 cm³/mol. The van der Waals surface area contributed by atoms with Gasteiger partial charge in [0, 0.05) is 11.0 Å². The Bertz CT molecular complexity index is 363. The Morgan fingerprint density at radius 3 is 2.93 bits per heavy atom. The molecule has 1 aromatic carbocycles. The Kier molecular flexibility index (Phi) is 3.83. The number of aldehydes is 1. The van der Waals surface area contributed by atoms with Gasteiger partial charge < -0.3 is 5.32 Å². The average Bonchev–Trinajstić information content (AvgIpc) is 2.19. The smallest absolute Gasteiger partial charge is 0.284 e. The summed E-state index contributed by atoms with van der Waals surface area (Å²) in [6.45, 7) is 2.33. The number of hydrogen-bond acceptors (Lipinski definition) is 2. The van der Waals surface area contributed by atoms with Gasteiger partial charge in [-0.25, -0.2) is 0 Å². The minimum atomic E-state index is -0.593. The van der Waals surface area contributed by atoms with Crippen LogP contribution in [0, 0.1) is 6.92 Å². The zero-order valence-electron chi connectivity index (χ0n) is 7.71. The number of rotatable bonds is 3. The van der Waals surface area contributed by atoms with Crippen LogP contribution in [0.2, 0.25) is 0 Å². The maximum atomic E-state index is 10.7. The van der Waals surface area contributed by atoms with Crippen molar-refractivity contribution in [3.63, 3.8) is 0 Å². The molecule has 14 heavy (non-hydrogen) atoms. The Balaban J connectivity index is 2.71. The predicted octanol–water partition coefficient (Wildman–Crippen LogP) is 1.57. The van der Waals surface area contributed by atoms with E-state index in [0.29, 0.717) is 6.54 Å². The van der Waals surface area contributed by atoms with E-state index in [9.17, 15) is 9.59 Å². The number of carbonyl (C=O) groups is 2. The lowest BCUT2D eigenvalue weighted by Crippen LogP contribution is -2.23. The van der Waals surface area contributed by atoms with Crippen molar-refractivity contribution in [2.75, 3.05) is 0 Å². The monoisotopic (exact) mass is 255 g/mol. The van der Waals surface area contributed by atoms with E-state index >= 15 is 0 Å². The van der Waals surface area contributed by atoms with Crippen LogP contribution in [0.3, 0.4) is 0 Å². The third-order valence-corrected chi connectivity index (χ3v) is 2.36. The fourth-order valence-electron chi connectivity index (χ4n) is 1.05. The van der Waals surface area contributed by atoms with Crippen LogP contribution in [0.5, 0.6) is 0 Å². The SMILES string of the molecule is Cc1ccc(Br)cc1CNC(=O)C=O. The van der Waals surface area contributed by atoms with Crippen molar-refractivity contribution in [1.82, 2.24) is 5.32 Å². The highest BCUT2D eigenvalue weighted by Gasteiger charge is 2.01. The van der Waals surface area contributed by atoms with Crippen molar-refractivity contribution in [1.29, 1.82) is 0 Å². The standard InChI is InChI=1S/C10H10BrNO2/c1-7-2-3-9(11)4-8(7)5-12-10(14)6-13/h2-4,6H,5H2,1H3,(H,12,14). The van der Waals surface area contributed by atoms with Crippen molar-refractivity contribution in [2.45, 2.75) is 13.5 Å². The van der Waals surface area contributed by atoms with Crippen LogP contribution in [0.25, 0.3) is 0 Å². The van der Waals surface area contributed by atoms with Gasteiger partial charge in [-0.2, -0.15) is 0 Å². The first kappa shape index (κ1) is 10.9. The quantitative estimate of drug-likeness (QED) is 0.659. The number of benzene rings is 1. The van der Waals surface area contributed by atoms with E-state index in [2.05, 4.69) is 21.2 Å². The Morgan fingerprint density at radius 2 is 2.29 bits per heavy atom. The summed E-state index contributed by atoms with van der Waals surface area (Å²) in [5.74, 6) is -0.593. The number of hydrogen-bond donors (Lipinski definition) is 1. The summed E-state index contributed by atoms with van der Waals surface area (Å²) in [4.78, 5) is 20.7. The molecule has 1 aromatic rings. The fourth-order valence-corrected chi connectivity index (χ4v) is 1.46. The summed E-state index contributed by atoms with van der Waals surface area (Å²) < 4.78 is 0.957. The average molecular weight is 256 g/mol. The van der Waals surface area contributed by atoms with Gasteiger partial charge in [-0.15, -0.1) is 0 Å². The number of aryl methyl sites for hydroxylation is 1. The zero-order chi connectivity index (χ0) is 10.6. The number of amides is 1. The van der Waals surface area contributed by atoms with Gasteiger partial charge in [0.15, 0.2) is 0 Å². The van der Waals surface area contributed by atoms with E-state index in [1.807, 2.05) is 25.1 Å².